The van der Waals surface area contributed by atoms with Crippen LogP contribution in [0.2, 0.25) is 0 Å². The zero-order chi connectivity index (χ0) is 16.9. The van der Waals surface area contributed by atoms with Crippen molar-refractivity contribution < 1.29 is 14.3 Å². The first-order chi connectivity index (χ1) is 11.7. The number of carbonyl (C=O) groups excluding carboxylic acids is 1. The van der Waals surface area contributed by atoms with Crippen molar-refractivity contribution >= 4 is 28.2 Å². The van der Waals surface area contributed by atoms with Crippen LogP contribution in [-0.4, -0.2) is 44.4 Å². The summed E-state index contributed by atoms with van der Waals surface area (Å²) in [5, 5.41) is 8.78. The zero-order valence-corrected chi connectivity index (χ0v) is 14.4. The number of amides is 2. The Morgan fingerprint density at radius 1 is 1.38 bits per heavy atom. The molecule has 0 unspecified atom stereocenters. The van der Waals surface area contributed by atoms with Crippen LogP contribution in [0.15, 0.2) is 29.8 Å². The van der Waals surface area contributed by atoms with Crippen molar-refractivity contribution in [2.45, 2.75) is 12.5 Å². The lowest BCUT2D eigenvalue weighted by molar-refractivity contribution is 0.249. The summed E-state index contributed by atoms with van der Waals surface area (Å²) in [6.45, 7) is 1.66. The van der Waals surface area contributed by atoms with Crippen LogP contribution < -0.4 is 25.0 Å². The summed E-state index contributed by atoms with van der Waals surface area (Å²) in [6.07, 6.45) is 2.69. The predicted octanol–water partition coefficient (Wildman–Crippen LogP) is 2.56. The first-order valence-corrected chi connectivity index (χ1v) is 8.51. The number of ether oxygens (including phenoxy) is 2. The molecule has 1 aromatic carbocycles. The number of aromatic nitrogens is 1. The largest absolute Gasteiger partial charge is 0.497 e. The topological polar surface area (TPSA) is 75.7 Å². The molecule has 1 saturated heterocycles. The minimum absolute atomic E-state index is 0.0955. The first-order valence-electron chi connectivity index (χ1n) is 7.63. The Kier molecular flexibility index (Phi) is 5.05. The fourth-order valence-corrected chi connectivity index (χ4v) is 3.35. The Bertz CT molecular complexity index is 693. The van der Waals surface area contributed by atoms with E-state index in [4.69, 9.17) is 9.47 Å². The maximum atomic E-state index is 12.2. The van der Waals surface area contributed by atoms with Gasteiger partial charge in [0.25, 0.3) is 0 Å². The number of rotatable bonds is 5. The third kappa shape index (κ3) is 3.70. The molecule has 1 aromatic heterocycles. The molecule has 1 atom stereocenters. The Morgan fingerprint density at radius 2 is 2.25 bits per heavy atom. The molecule has 3 rings (SSSR count). The fraction of sp³-hybridized carbons (Fsp3) is 0.375. The summed E-state index contributed by atoms with van der Waals surface area (Å²) in [6, 6.07) is 5.11. The maximum Gasteiger partial charge on any atom is 0.319 e. The molecule has 0 aliphatic carbocycles. The molecule has 8 heteroatoms. The zero-order valence-electron chi connectivity index (χ0n) is 13.6. The molecule has 128 valence electrons. The van der Waals surface area contributed by atoms with Crippen LogP contribution in [0.25, 0.3) is 0 Å². The number of nitrogens with zero attached hydrogens (tertiary/aromatic N) is 2. The van der Waals surface area contributed by atoms with Crippen molar-refractivity contribution in [1.82, 2.24) is 10.3 Å². The molecule has 1 aliphatic heterocycles. The highest BCUT2D eigenvalue weighted by molar-refractivity contribution is 7.13. The SMILES string of the molecule is COc1ccc(NC(=O)N[C@@H]2CCN(c3nccs3)C2)c(OC)c1. The van der Waals surface area contributed by atoms with Gasteiger partial charge in [0.05, 0.1) is 19.9 Å². The molecular weight excluding hydrogens is 328 g/mol. The number of hydrogen-bond acceptors (Lipinski definition) is 6. The second-order valence-corrected chi connectivity index (χ2v) is 6.28. The van der Waals surface area contributed by atoms with Gasteiger partial charge in [-0.15, -0.1) is 11.3 Å². The second-order valence-electron chi connectivity index (χ2n) is 5.41. The Labute approximate surface area is 144 Å². The van der Waals surface area contributed by atoms with E-state index in [0.29, 0.717) is 17.2 Å². The highest BCUT2D eigenvalue weighted by Crippen LogP contribution is 2.29. The van der Waals surface area contributed by atoms with Crippen LogP contribution in [0.3, 0.4) is 0 Å². The molecule has 1 aliphatic rings. The molecule has 2 N–H and O–H groups in total. The second kappa shape index (κ2) is 7.39. The Morgan fingerprint density at radius 3 is 2.96 bits per heavy atom. The molecule has 0 bridgehead atoms. The molecule has 0 spiro atoms. The average molecular weight is 348 g/mol. The highest BCUT2D eigenvalue weighted by Gasteiger charge is 2.25. The number of hydrogen-bond donors (Lipinski definition) is 2. The van der Waals surface area contributed by atoms with Gasteiger partial charge in [0.1, 0.15) is 11.5 Å². The van der Waals surface area contributed by atoms with Gasteiger partial charge in [-0.2, -0.15) is 0 Å². The van der Waals surface area contributed by atoms with Gasteiger partial charge in [0, 0.05) is 36.8 Å². The first kappa shape index (κ1) is 16.4. The molecule has 0 saturated carbocycles. The van der Waals surface area contributed by atoms with Crippen molar-refractivity contribution in [2.75, 3.05) is 37.5 Å². The van der Waals surface area contributed by atoms with E-state index >= 15 is 0 Å². The molecule has 2 heterocycles. The third-order valence-corrected chi connectivity index (χ3v) is 4.70. The summed E-state index contributed by atoms with van der Waals surface area (Å²) >= 11 is 1.61. The lowest BCUT2D eigenvalue weighted by Gasteiger charge is -2.17. The lowest BCUT2D eigenvalue weighted by atomic mass is 10.2. The maximum absolute atomic E-state index is 12.2. The van der Waals surface area contributed by atoms with Gasteiger partial charge in [0.15, 0.2) is 5.13 Å². The summed E-state index contributed by atoms with van der Waals surface area (Å²) in [7, 11) is 3.14. The molecule has 2 amide bonds. The van der Waals surface area contributed by atoms with Crippen molar-refractivity contribution in [3.8, 4) is 11.5 Å². The number of nitrogens with one attached hydrogen (secondary N) is 2. The molecule has 0 radical (unpaired) electrons. The van der Waals surface area contributed by atoms with E-state index in [2.05, 4.69) is 20.5 Å². The number of thiazole rings is 1. The summed E-state index contributed by atoms with van der Waals surface area (Å²) in [5.41, 5.74) is 0.602. The smallest absolute Gasteiger partial charge is 0.319 e. The fourth-order valence-electron chi connectivity index (χ4n) is 2.67. The van der Waals surface area contributed by atoms with E-state index in [0.717, 1.165) is 24.6 Å². The normalized spacial score (nSPS) is 16.8. The molecular formula is C16H20N4O3S. The van der Waals surface area contributed by atoms with Crippen molar-refractivity contribution in [3.63, 3.8) is 0 Å². The lowest BCUT2D eigenvalue weighted by Crippen LogP contribution is -2.39. The van der Waals surface area contributed by atoms with Crippen LogP contribution in [0, 0.1) is 0 Å². The summed E-state index contributed by atoms with van der Waals surface area (Å²) < 4.78 is 10.4. The van der Waals surface area contributed by atoms with E-state index in [9.17, 15) is 4.79 Å². The quantitative estimate of drug-likeness (QED) is 0.868. The van der Waals surface area contributed by atoms with E-state index in [-0.39, 0.29) is 12.1 Å². The summed E-state index contributed by atoms with van der Waals surface area (Å²) in [5.74, 6) is 1.23. The number of anilines is 2. The van der Waals surface area contributed by atoms with Crippen LogP contribution in [-0.2, 0) is 0 Å². The number of carbonyl (C=O) groups is 1. The predicted molar refractivity (Wildman–Crippen MR) is 94.4 cm³/mol. The summed E-state index contributed by atoms with van der Waals surface area (Å²) in [4.78, 5) is 18.7. The van der Waals surface area contributed by atoms with Gasteiger partial charge < -0.3 is 25.0 Å². The van der Waals surface area contributed by atoms with Gasteiger partial charge in [0.2, 0.25) is 0 Å². The van der Waals surface area contributed by atoms with Gasteiger partial charge in [-0.05, 0) is 18.6 Å². The van der Waals surface area contributed by atoms with Crippen LogP contribution in [0.4, 0.5) is 15.6 Å². The van der Waals surface area contributed by atoms with Crippen molar-refractivity contribution in [1.29, 1.82) is 0 Å². The minimum Gasteiger partial charge on any atom is -0.497 e. The Balaban J connectivity index is 1.56. The van der Waals surface area contributed by atoms with Gasteiger partial charge >= 0.3 is 6.03 Å². The van der Waals surface area contributed by atoms with E-state index in [1.54, 1.807) is 50.0 Å². The van der Waals surface area contributed by atoms with Gasteiger partial charge in [-0.1, -0.05) is 0 Å². The molecule has 24 heavy (non-hydrogen) atoms. The monoisotopic (exact) mass is 348 g/mol. The van der Waals surface area contributed by atoms with Gasteiger partial charge in [-0.3, -0.25) is 0 Å². The van der Waals surface area contributed by atoms with Crippen LogP contribution in [0.5, 0.6) is 11.5 Å². The highest BCUT2D eigenvalue weighted by atomic mass is 32.1. The number of urea groups is 1. The van der Waals surface area contributed by atoms with E-state index in [1.807, 2.05) is 5.38 Å². The van der Waals surface area contributed by atoms with Crippen LogP contribution >= 0.6 is 11.3 Å². The standard InChI is InChI=1S/C16H20N4O3S/c1-22-12-3-4-13(14(9-12)23-2)19-15(21)18-11-5-7-20(10-11)16-17-6-8-24-16/h3-4,6,8-9,11H,5,7,10H2,1-2H3,(H2,18,19,21)/t11-/m1/s1. The van der Waals surface area contributed by atoms with E-state index < -0.39 is 0 Å². The number of methoxy groups -OCH3 is 2. The average Bonchev–Trinajstić information content (AvgIpc) is 3.26. The molecule has 2 aromatic rings. The van der Waals surface area contributed by atoms with Gasteiger partial charge in [-0.25, -0.2) is 9.78 Å². The van der Waals surface area contributed by atoms with Crippen LogP contribution in [0.1, 0.15) is 6.42 Å². The minimum atomic E-state index is -0.246. The Hall–Kier alpha value is -2.48. The van der Waals surface area contributed by atoms with Crippen molar-refractivity contribution in [3.05, 3.63) is 29.8 Å². The molecule has 7 nitrogen and oxygen atoms in total. The molecule has 1 fully saturated rings. The number of benzene rings is 1. The third-order valence-electron chi connectivity index (χ3n) is 3.87. The van der Waals surface area contributed by atoms with Crippen molar-refractivity contribution in [2.24, 2.45) is 0 Å². The van der Waals surface area contributed by atoms with E-state index in [1.165, 1.54) is 0 Å².